The topological polar surface area (TPSA) is 87.1 Å². The van der Waals surface area contributed by atoms with Gasteiger partial charge in [0.15, 0.2) is 11.5 Å². The number of ether oxygens (including phenoxy) is 1. The second-order valence-electron chi connectivity index (χ2n) is 10.1. The number of anilines is 1. The Morgan fingerprint density at radius 3 is 2.50 bits per heavy atom. The van der Waals surface area contributed by atoms with Gasteiger partial charge in [-0.2, -0.15) is 0 Å². The van der Waals surface area contributed by atoms with Crippen molar-refractivity contribution in [1.82, 2.24) is 19.7 Å². The van der Waals surface area contributed by atoms with Crippen LogP contribution in [0.2, 0.25) is 5.02 Å². The van der Waals surface area contributed by atoms with Gasteiger partial charge in [0.25, 0.3) is 5.91 Å². The maximum atomic E-state index is 13.8. The molecule has 0 saturated carbocycles. The SMILES string of the molecule is CC(=O)N1CCN(c2cc3c4c(c2)c(=O)c(C(=O)NCCN2CCCC2)cn4-c2cc(Cl)ccc2O3)CC1. The van der Waals surface area contributed by atoms with Crippen LogP contribution in [-0.4, -0.2) is 78.5 Å². The normalized spacial score (nSPS) is 16.9. The van der Waals surface area contributed by atoms with E-state index < -0.39 is 5.91 Å². The first-order valence-corrected chi connectivity index (χ1v) is 13.5. The van der Waals surface area contributed by atoms with E-state index in [1.54, 1.807) is 31.3 Å². The monoisotopic (exact) mass is 535 g/mol. The zero-order chi connectivity index (χ0) is 26.4. The van der Waals surface area contributed by atoms with Gasteiger partial charge < -0.3 is 29.3 Å². The van der Waals surface area contributed by atoms with E-state index in [1.165, 1.54) is 12.8 Å². The Balaban J connectivity index is 1.41. The van der Waals surface area contributed by atoms with Crippen LogP contribution in [0.15, 0.2) is 41.3 Å². The average molecular weight is 536 g/mol. The van der Waals surface area contributed by atoms with E-state index in [9.17, 15) is 14.4 Å². The van der Waals surface area contributed by atoms with Crippen LogP contribution >= 0.6 is 11.6 Å². The Hall–Kier alpha value is -3.56. The molecule has 0 spiro atoms. The number of benzene rings is 2. The zero-order valence-corrected chi connectivity index (χ0v) is 22.1. The van der Waals surface area contributed by atoms with Crippen LogP contribution in [0.3, 0.4) is 0 Å². The molecule has 2 saturated heterocycles. The number of hydrogen-bond donors (Lipinski definition) is 1. The minimum atomic E-state index is -0.392. The molecule has 2 amide bonds. The van der Waals surface area contributed by atoms with E-state index in [0.717, 1.165) is 25.3 Å². The van der Waals surface area contributed by atoms with Crippen LogP contribution < -0.4 is 20.4 Å². The number of hydrogen-bond acceptors (Lipinski definition) is 6. The fraction of sp³-hybridized carbons (Fsp3) is 0.393. The molecule has 0 radical (unpaired) electrons. The van der Waals surface area contributed by atoms with Crippen LogP contribution in [-0.2, 0) is 4.79 Å². The third-order valence-electron chi connectivity index (χ3n) is 7.70. The number of aromatic nitrogens is 1. The lowest BCUT2D eigenvalue weighted by Crippen LogP contribution is -2.48. The molecule has 38 heavy (non-hydrogen) atoms. The van der Waals surface area contributed by atoms with E-state index in [-0.39, 0.29) is 16.9 Å². The number of fused-ring (bicyclic) bond motifs is 2. The summed E-state index contributed by atoms with van der Waals surface area (Å²) in [6.07, 6.45) is 3.96. The summed E-state index contributed by atoms with van der Waals surface area (Å²) in [5.74, 6) is 0.794. The fourth-order valence-electron chi connectivity index (χ4n) is 5.62. The molecule has 3 aromatic rings. The number of carbonyl (C=O) groups excluding carboxylic acids is 2. The van der Waals surface area contributed by atoms with Crippen molar-refractivity contribution in [3.8, 4) is 17.2 Å². The average Bonchev–Trinajstić information content (AvgIpc) is 3.43. The van der Waals surface area contributed by atoms with Gasteiger partial charge in [-0.3, -0.25) is 14.4 Å². The van der Waals surface area contributed by atoms with Crippen molar-refractivity contribution >= 4 is 40.0 Å². The van der Waals surface area contributed by atoms with Gasteiger partial charge in [-0.25, -0.2) is 0 Å². The fourth-order valence-corrected chi connectivity index (χ4v) is 5.78. The van der Waals surface area contributed by atoms with Gasteiger partial charge in [0, 0.05) is 69.2 Å². The molecule has 1 aromatic heterocycles. The summed E-state index contributed by atoms with van der Waals surface area (Å²) in [4.78, 5) is 45.1. The third kappa shape index (κ3) is 4.50. The number of rotatable bonds is 5. The Kier molecular flexibility index (Phi) is 6.49. The van der Waals surface area contributed by atoms with E-state index in [1.807, 2.05) is 21.6 Å². The molecule has 198 valence electrons. The van der Waals surface area contributed by atoms with Gasteiger partial charge in [0.2, 0.25) is 11.3 Å². The summed E-state index contributed by atoms with van der Waals surface area (Å²) in [6, 6.07) is 9.07. The first-order valence-electron chi connectivity index (χ1n) is 13.1. The lowest BCUT2D eigenvalue weighted by molar-refractivity contribution is -0.129. The summed E-state index contributed by atoms with van der Waals surface area (Å²) in [5, 5.41) is 3.88. The Bertz CT molecular complexity index is 1490. The van der Waals surface area contributed by atoms with Gasteiger partial charge in [-0.15, -0.1) is 0 Å². The number of halogens is 1. The summed E-state index contributed by atoms with van der Waals surface area (Å²) in [6.45, 7) is 7.40. The van der Waals surface area contributed by atoms with E-state index >= 15 is 0 Å². The Morgan fingerprint density at radius 2 is 1.76 bits per heavy atom. The molecule has 0 atom stereocenters. The molecular weight excluding hydrogens is 506 g/mol. The number of nitrogens with zero attached hydrogens (tertiary/aromatic N) is 4. The zero-order valence-electron chi connectivity index (χ0n) is 21.3. The molecule has 3 aliphatic rings. The van der Waals surface area contributed by atoms with Crippen molar-refractivity contribution in [3.63, 3.8) is 0 Å². The highest BCUT2D eigenvalue weighted by Gasteiger charge is 2.27. The third-order valence-corrected chi connectivity index (χ3v) is 7.93. The predicted molar refractivity (Wildman–Crippen MR) is 147 cm³/mol. The number of piperazine rings is 1. The second-order valence-corrected chi connectivity index (χ2v) is 10.5. The Morgan fingerprint density at radius 1 is 1.00 bits per heavy atom. The highest BCUT2D eigenvalue weighted by atomic mass is 35.5. The molecule has 2 fully saturated rings. The molecule has 0 bridgehead atoms. The lowest BCUT2D eigenvalue weighted by atomic mass is 10.1. The van der Waals surface area contributed by atoms with Crippen molar-refractivity contribution < 1.29 is 14.3 Å². The highest BCUT2D eigenvalue weighted by molar-refractivity contribution is 6.30. The number of pyridine rings is 1. The Labute approximate surface area is 225 Å². The first kappa shape index (κ1) is 24.8. The summed E-state index contributed by atoms with van der Waals surface area (Å²) < 4.78 is 8.09. The first-order chi connectivity index (χ1) is 18.4. The molecule has 1 N–H and O–H groups in total. The quantitative estimate of drug-likeness (QED) is 0.422. The highest BCUT2D eigenvalue weighted by Crippen LogP contribution is 2.42. The number of nitrogens with one attached hydrogen (secondary N) is 1. The van der Waals surface area contributed by atoms with Gasteiger partial charge in [-0.05, 0) is 50.2 Å². The minimum absolute atomic E-state index is 0.0557. The van der Waals surface area contributed by atoms with Crippen LogP contribution in [0.1, 0.15) is 30.1 Å². The molecule has 6 rings (SSSR count). The van der Waals surface area contributed by atoms with Crippen LogP contribution in [0.4, 0.5) is 5.69 Å². The molecule has 0 aliphatic carbocycles. The van der Waals surface area contributed by atoms with E-state index in [0.29, 0.717) is 65.8 Å². The predicted octanol–water partition coefficient (Wildman–Crippen LogP) is 3.24. The van der Waals surface area contributed by atoms with Crippen LogP contribution in [0.25, 0.3) is 16.6 Å². The van der Waals surface area contributed by atoms with Gasteiger partial charge in [0.05, 0.1) is 11.1 Å². The lowest BCUT2D eigenvalue weighted by Gasteiger charge is -2.36. The maximum Gasteiger partial charge on any atom is 0.256 e. The number of likely N-dealkylation sites (tertiary alicyclic amines) is 1. The van der Waals surface area contributed by atoms with Crippen molar-refractivity contribution in [2.24, 2.45) is 0 Å². The number of amides is 2. The van der Waals surface area contributed by atoms with Crippen molar-refractivity contribution in [3.05, 3.63) is 57.3 Å². The molecule has 3 aliphatic heterocycles. The minimum Gasteiger partial charge on any atom is -0.453 e. The molecule has 2 aromatic carbocycles. The van der Waals surface area contributed by atoms with Gasteiger partial charge in [0.1, 0.15) is 11.1 Å². The van der Waals surface area contributed by atoms with Crippen LogP contribution in [0, 0.1) is 0 Å². The molecule has 9 nitrogen and oxygen atoms in total. The molecular formula is C28H30ClN5O4. The smallest absolute Gasteiger partial charge is 0.256 e. The standard InChI is InChI=1S/C28H30ClN5O4/c1-18(35)32-10-12-33(13-11-32)20-15-21-26-25(16-20)38-24-5-4-19(29)14-23(24)34(26)17-22(27(21)36)28(37)30-6-9-31-7-2-3-8-31/h4-5,14-17H,2-3,6-13H2,1H3,(H,30,37). The number of carbonyl (C=O) groups is 2. The molecule has 0 unspecified atom stereocenters. The van der Waals surface area contributed by atoms with Gasteiger partial charge in [-0.1, -0.05) is 11.6 Å². The van der Waals surface area contributed by atoms with E-state index in [4.69, 9.17) is 16.3 Å². The van der Waals surface area contributed by atoms with Crippen molar-refractivity contribution in [2.45, 2.75) is 19.8 Å². The van der Waals surface area contributed by atoms with Gasteiger partial charge >= 0.3 is 0 Å². The maximum absolute atomic E-state index is 13.8. The largest absolute Gasteiger partial charge is 0.453 e. The van der Waals surface area contributed by atoms with E-state index in [2.05, 4.69) is 15.1 Å². The summed E-state index contributed by atoms with van der Waals surface area (Å²) >= 11 is 6.31. The molecule has 4 heterocycles. The van der Waals surface area contributed by atoms with Crippen molar-refractivity contribution in [1.29, 1.82) is 0 Å². The summed E-state index contributed by atoms with van der Waals surface area (Å²) in [5.41, 5.74) is 1.84. The second kappa shape index (κ2) is 9.96. The van der Waals surface area contributed by atoms with Crippen molar-refractivity contribution in [2.75, 3.05) is 57.3 Å². The van der Waals surface area contributed by atoms with Crippen LogP contribution in [0.5, 0.6) is 11.5 Å². The molecule has 10 heteroatoms. The summed E-state index contributed by atoms with van der Waals surface area (Å²) in [7, 11) is 0.